The SMILES string of the molecule is CC/C(=C\C(Cl)=C(/C)Cl)CC(C)C. The average molecular weight is 221 g/mol. The summed E-state index contributed by atoms with van der Waals surface area (Å²) in [5.74, 6) is 0.672. The molecule has 0 atom stereocenters. The lowest BCUT2D eigenvalue weighted by Crippen LogP contribution is -1.90. The lowest BCUT2D eigenvalue weighted by atomic mass is 10.0. The zero-order chi connectivity index (χ0) is 10.4. The third-order valence-corrected chi connectivity index (χ3v) is 2.48. The molecule has 2 heteroatoms. The lowest BCUT2D eigenvalue weighted by Gasteiger charge is -2.07. The monoisotopic (exact) mass is 220 g/mol. The number of allylic oxidation sites excluding steroid dienone is 4. The summed E-state index contributed by atoms with van der Waals surface area (Å²) >= 11 is 11.7. The van der Waals surface area contributed by atoms with Crippen molar-refractivity contribution >= 4 is 23.2 Å². The molecule has 0 aliphatic heterocycles. The van der Waals surface area contributed by atoms with Crippen LogP contribution in [0.5, 0.6) is 0 Å². The van der Waals surface area contributed by atoms with Gasteiger partial charge in [-0.25, -0.2) is 0 Å². The molecular weight excluding hydrogens is 203 g/mol. The maximum atomic E-state index is 5.94. The summed E-state index contributed by atoms with van der Waals surface area (Å²) in [5, 5.41) is 1.33. The van der Waals surface area contributed by atoms with E-state index in [0.29, 0.717) is 16.0 Å². The first-order chi connectivity index (χ1) is 5.97. The van der Waals surface area contributed by atoms with E-state index in [1.165, 1.54) is 5.57 Å². The second kappa shape index (κ2) is 6.50. The van der Waals surface area contributed by atoms with E-state index in [-0.39, 0.29) is 0 Å². The van der Waals surface area contributed by atoms with E-state index in [0.717, 1.165) is 12.8 Å². The van der Waals surface area contributed by atoms with Gasteiger partial charge in [0.15, 0.2) is 0 Å². The minimum Gasteiger partial charge on any atom is -0.0878 e. The fourth-order valence-electron chi connectivity index (χ4n) is 1.11. The third-order valence-electron chi connectivity index (χ3n) is 1.78. The van der Waals surface area contributed by atoms with Crippen LogP contribution in [-0.4, -0.2) is 0 Å². The van der Waals surface area contributed by atoms with E-state index in [1.54, 1.807) is 0 Å². The van der Waals surface area contributed by atoms with E-state index in [4.69, 9.17) is 23.2 Å². The molecule has 0 aliphatic carbocycles. The van der Waals surface area contributed by atoms with Gasteiger partial charge in [0, 0.05) is 5.03 Å². The molecule has 0 heterocycles. The predicted molar refractivity (Wildman–Crippen MR) is 62.2 cm³/mol. The van der Waals surface area contributed by atoms with E-state index >= 15 is 0 Å². The van der Waals surface area contributed by atoms with Gasteiger partial charge in [-0.1, -0.05) is 49.5 Å². The highest BCUT2D eigenvalue weighted by atomic mass is 35.5. The van der Waals surface area contributed by atoms with Crippen molar-refractivity contribution in [3.8, 4) is 0 Å². The van der Waals surface area contributed by atoms with Crippen LogP contribution in [0, 0.1) is 5.92 Å². The Bertz CT molecular complexity index is 208. The van der Waals surface area contributed by atoms with E-state index < -0.39 is 0 Å². The molecule has 0 unspecified atom stereocenters. The van der Waals surface area contributed by atoms with Gasteiger partial charge in [0.25, 0.3) is 0 Å². The van der Waals surface area contributed by atoms with Gasteiger partial charge >= 0.3 is 0 Å². The van der Waals surface area contributed by atoms with Gasteiger partial charge < -0.3 is 0 Å². The van der Waals surface area contributed by atoms with Crippen molar-refractivity contribution in [1.82, 2.24) is 0 Å². The van der Waals surface area contributed by atoms with E-state index in [9.17, 15) is 0 Å². The van der Waals surface area contributed by atoms with Crippen LogP contribution in [0.25, 0.3) is 0 Å². The summed E-state index contributed by atoms with van der Waals surface area (Å²) in [6, 6.07) is 0. The molecule has 76 valence electrons. The molecule has 0 nitrogen and oxygen atoms in total. The number of halogens is 2. The fourth-order valence-corrected chi connectivity index (χ4v) is 1.32. The van der Waals surface area contributed by atoms with Crippen LogP contribution in [0.15, 0.2) is 21.7 Å². The highest BCUT2D eigenvalue weighted by Gasteiger charge is 2.00. The predicted octanol–water partition coefficient (Wildman–Crippen LogP) is 5.08. The Balaban J connectivity index is 4.48. The normalized spacial score (nSPS) is 14.8. The van der Waals surface area contributed by atoms with Crippen LogP contribution in [-0.2, 0) is 0 Å². The Kier molecular flexibility index (Phi) is 6.53. The smallest absolute Gasteiger partial charge is 0.0547 e. The van der Waals surface area contributed by atoms with Gasteiger partial charge in [-0.15, -0.1) is 0 Å². The molecule has 0 aliphatic rings. The summed E-state index contributed by atoms with van der Waals surface area (Å²) in [6.45, 7) is 8.36. The van der Waals surface area contributed by atoms with Gasteiger partial charge in [0.2, 0.25) is 0 Å². The highest BCUT2D eigenvalue weighted by Crippen LogP contribution is 2.21. The van der Waals surface area contributed by atoms with Crippen LogP contribution >= 0.6 is 23.2 Å². The van der Waals surface area contributed by atoms with Crippen LogP contribution in [0.3, 0.4) is 0 Å². The van der Waals surface area contributed by atoms with Crippen LogP contribution in [0.1, 0.15) is 40.5 Å². The molecule has 0 amide bonds. The van der Waals surface area contributed by atoms with E-state index in [1.807, 2.05) is 13.0 Å². The Morgan fingerprint density at radius 3 is 2.15 bits per heavy atom. The van der Waals surface area contributed by atoms with Crippen LogP contribution in [0.4, 0.5) is 0 Å². The van der Waals surface area contributed by atoms with Crippen LogP contribution in [0.2, 0.25) is 0 Å². The van der Waals surface area contributed by atoms with Gasteiger partial charge in [-0.2, -0.15) is 0 Å². The molecule has 0 saturated carbocycles. The number of hydrogen-bond acceptors (Lipinski definition) is 0. The standard InChI is InChI=1S/C11H18Cl2/c1-5-10(6-8(2)3)7-11(13)9(4)12/h7-8H,5-6H2,1-4H3/b10-7+,11-9-. The topological polar surface area (TPSA) is 0 Å². The molecule has 13 heavy (non-hydrogen) atoms. The quantitative estimate of drug-likeness (QED) is 0.581. The zero-order valence-electron chi connectivity index (χ0n) is 8.82. The summed E-state index contributed by atoms with van der Waals surface area (Å²) < 4.78 is 0. The van der Waals surface area contributed by atoms with Gasteiger partial charge in [0.05, 0.1) is 5.03 Å². The first-order valence-electron chi connectivity index (χ1n) is 4.68. The lowest BCUT2D eigenvalue weighted by molar-refractivity contribution is 0.630. The number of hydrogen-bond donors (Lipinski definition) is 0. The summed E-state index contributed by atoms with van der Waals surface area (Å²) in [6.07, 6.45) is 4.12. The van der Waals surface area contributed by atoms with Crippen molar-refractivity contribution in [3.05, 3.63) is 21.7 Å². The average Bonchev–Trinajstić information content (AvgIpc) is 2.02. The molecule has 0 spiro atoms. The van der Waals surface area contributed by atoms with Crippen LogP contribution < -0.4 is 0 Å². The third kappa shape index (κ3) is 6.17. The van der Waals surface area contributed by atoms with Gasteiger partial charge in [0.1, 0.15) is 0 Å². The van der Waals surface area contributed by atoms with Gasteiger partial charge in [-0.3, -0.25) is 0 Å². The van der Waals surface area contributed by atoms with Crippen molar-refractivity contribution in [2.24, 2.45) is 5.92 Å². The van der Waals surface area contributed by atoms with Crippen molar-refractivity contribution in [2.75, 3.05) is 0 Å². The highest BCUT2D eigenvalue weighted by molar-refractivity contribution is 6.40. The van der Waals surface area contributed by atoms with Crippen molar-refractivity contribution in [1.29, 1.82) is 0 Å². The van der Waals surface area contributed by atoms with Gasteiger partial charge in [-0.05, 0) is 31.8 Å². The molecule has 0 radical (unpaired) electrons. The molecule has 0 bridgehead atoms. The molecule has 0 N–H and O–H groups in total. The molecule has 0 saturated heterocycles. The zero-order valence-corrected chi connectivity index (χ0v) is 10.3. The minimum absolute atomic E-state index is 0.663. The molecule has 0 rings (SSSR count). The Morgan fingerprint density at radius 1 is 1.31 bits per heavy atom. The van der Waals surface area contributed by atoms with Crippen molar-refractivity contribution in [3.63, 3.8) is 0 Å². The van der Waals surface area contributed by atoms with Crippen molar-refractivity contribution in [2.45, 2.75) is 40.5 Å². The summed E-state index contributed by atoms with van der Waals surface area (Å²) in [7, 11) is 0. The molecule has 0 aromatic rings. The maximum absolute atomic E-state index is 5.94. The number of rotatable bonds is 4. The largest absolute Gasteiger partial charge is 0.0878 e. The second-order valence-electron chi connectivity index (χ2n) is 3.64. The van der Waals surface area contributed by atoms with E-state index in [2.05, 4.69) is 20.8 Å². The summed E-state index contributed by atoms with van der Waals surface area (Å²) in [4.78, 5) is 0. The fraction of sp³-hybridized carbons (Fsp3) is 0.636. The molecule has 0 aromatic heterocycles. The maximum Gasteiger partial charge on any atom is 0.0547 e. The Morgan fingerprint density at radius 2 is 1.85 bits per heavy atom. The molecule has 0 fully saturated rings. The first-order valence-corrected chi connectivity index (χ1v) is 5.44. The Labute approximate surface area is 91.6 Å². The molecule has 0 aromatic carbocycles. The summed E-state index contributed by atoms with van der Waals surface area (Å²) in [5.41, 5.74) is 1.36. The second-order valence-corrected chi connectivity index (χ2v) is 4.61. The van der Waals surface area contributed by atoms with Crippen molar-refractivity contribution < 1.29 is 0 Å². The minimum atomic E-state index is 0.663. The Hall–Kier alpha value is 0.0600. The first kappa shape index (κ1) is 13.1. The molecular formula is C11H18Cl2.